The Morgan fingerprint density at radius 3 is 2.79 bits per heavy atom. The van der Waals surface area contributed by atoms with Crippen LogP contribution in [0.2, 0.25) is 0 Å². The number of nitrogens with one attached hydrogen (secondary N) is 1. The lowest BCUT2D eigenvalue weighted by atomic mass is 9.66. The number of carboxylic acid groups (broad SMARTS) is 1. The molecule has 1 fully saturated rings. The van der Waals surface area contributed by atoms with Crippen molar-refractivity contribution in [3.05, 3.63) is 50.5 Å². The van der Waals surface area contributed by atoms with Crippen molar-refractivity contribution < 1.29 is 14.8 Å². The summed E-state index contributed by atoms with van der Waals surface area (Å²) in [6, 6.07) is 6.40. The molecule has 0 bridgehead atoms. The van der Waals surface area contributed by atoms with Gasteiger partial charge >= 0.3 is 5.97 Å². The van der Waals surface area contributed by atoms with E-state index in [0.717, 1.165) is 5.56 Å². The largest absolute Gasteiger partial charge is 0.481 e. The van der Waals surface area contributed by atoms with E-state index in [1.54, 1.807) is 17.7 Å². The van der Waals surface area contributed by atoms with E-state index >= 15 is 0 Å². The Kier molecular flexibility index (Phi) is 4.18. The highest BCUT2D eigenvalue weighted by Gasteiger charge is 2.42. The van der Waals surface area contributed by atoms with Crippen LogP contribution in [0.1, 0.15) is 30.1 Å². The van der Waals surface area contributed by atoms with Crippen LogP contribution in [-0.2, 0) is 11.8 Å². The van der Waals surface area contributed by atoms with E-state index in [4.69, 9.17) is 17.3 Å². The number of benzene rings is 1. The lowest BCUT2D eigenvalue weighted by molar-refractivity contribution is -0.384. The molecule has 0 saturated heterocycles. The van der Waals surface area contributed by atoms with Crippen molar-refractivity contribution in [2.24, 2.45) is 18.9 Å². The molecule has 3 rings (SSSR count). The van der Waals surface area contributed by atoms with Gasteiger partial charge in [0.05, 0.1) is 10.8 Å². The number of nitrogens with zero attached hydrogens (tertiary/aromatic N) is 3. The third-order valence-corrected chi connectivity index (χ3v) is 4.99. The van der Waals surface area contributed by atoms with Gasteiger partial charge in [-0.05, 0) is 36.5 Å². The molecule has 0 spiro atoms. The van der Waals surface area contributed by atoms with Crippen molar-refractivity contribution in [2.75, 3.05) is 0 Å². The van der Waals surface area contributed by atoms with Crippen molar-refractivity contribution in [1.82, 2.24) is 14.8 Å². The van der Waals surface area contributed by atoms with Crippen LogP contribution in [0.4, 0.5) is 5.69 Å². The monoisotopic (exact) mass is 348 g/mol. The van der Waals surface area contributed by atoms with Gasteiger partial charge in [-0.15, -0.1) is 0 Å². The van der Waals surface area contributed by atoms with Crippen LogP contribution in [0, 0.1) is 26.7 Å². The van der Waals surface area contributed by atoms with E-state index in [2.05, 4.69) is 10.2 Å². The highest BCUT2D eigenvalue weighted by atomic mass is 32.1. The maximum Gasteiger partial charge on any atom is 0.306 e. The number of aliphatic carboxylic acids is 1. The summed E-state index contributed by atoms with van der Waals surface area (Å²) >= 11 is 5.16. The molecule has 1 saturated carbocycles. The van der Waals surface area contributed by atoms with Crippen molar-refractivity contribution in [2.45, 2.75) is 18.8 Å². The molecule has 1 heterocycles. The normalized spacial score (nSPS) is 21.0. The molecule has 1 aliphatic carbocycles. The highest BCUT2D eigenvalue weighted by molar-refractivity contribution is 7.71. The molecule has 1 aromatic heterocycles. The zero-order valence-corrected chi connectivity index (χ0v) is 13.7. The first-order valence-electron chi connectivity index (χ1n) is 7.47. The third-order valence-electron chi connectivity index (χ3n) is 4.63. The van der Waals surface area contributed by atoms with Gasteiger partial charge in [0.15, 0.2) is 4.77 Å². The predicted octanol–water partition coefficient (Wildman–Crippen LogP) is 2.63. The van der Waals surface area contributed by atoms with Gasteiger partial charge in [0, 0.05) is 25.1 Å². The Labute approximate surface area is 142 Å². The standard InChI is InChI=1S/C15H16N4O4S/c1-18-13(16-17-15(18)24)12(9-5-10(6-9)14(20)21)8-3-2-4-11(7-8)19(22)23/h2-4,7,9-10,12H,5-6H2,1H3,(H,17,24)(H,20,21). The van der Waals surface area contributed by atoms with Crippen LogP contribution < -0.4 is 0 Å². The number of aromatic amines is 1. The molecule has 0 amide bonds. The molecule has 9 heteroatoms. The minimum Gasteiger partial charge on any atom is -0.481 e. The molecule has 1 aliphatic rings. The lowest BCUT2D eigenvalue weighted by Crippen LogP contribution is -2.35. The molecular weight excluding hydrogens is 332 g/mol. The van der Waals surface area contributed by atoms with Crippen molar-refractivity contribution in [3.63, 3.8) is 0 Å². The van der Waals surface area contributed by atoms with E-state index in [0.29, 0.717) is 23.4 Å². The second-order valence-corrected chi connectivity index (χ2v) is 6.43. The molecule has 0 aliphatic heterocycles. The van der Waals surface area contributed by atoms with Gasteiger partial charge in [0.2, 0.25) is 0 Å². The molecule has 1 unspecified atom stereocenters. The predicted molar refractivity (Wildman–Crippen MR) is 87.2 cm³/mol. The average Bonchev–Trinajstić information content (AvgIpc) is 2.82. The number of hydrogen-bond acceptors (Lipinski definition) is 5. The number of hydrogen-bond donors (Lipinski definition) is 2. The SMILES string of the molecule is Cn1c(C(c2cccc([N+](=O)[O-])c2)C2CC(C(=O)O)C2)n[nH]c1=S. The number of H-pyrrole nitrogens is 1. The lowest BCUT2D eigenvalue weighted by Gasteiger charge is -2.38. The molecule has 0 radical (unpaired) electrons. The summed E-state index contributed by atoms with van der Waals surface area (Å²) < 4.78 is 2.18. The molecule has 2 aromatic rings. The Hall–Kier alpha value is -2.55. The van der Waals surface area contributed by atoms with Gasteiger partial charge in [0.1, 0.15) is 5.82 Å². The number of non-ortho nitro benzene ring substituents is 1. The summed E-state index contributed by atoms with van der Waals surface area (Å²) in [5.41, 5.74) is 0.749. The molecular formula is C15H16N4O4S. The Bertz CT molecular complexity index is 853. The highest BCUT2D eigenvalue weighted by Crippen LogP contribution is 2.46. The topological polar surface area (TPSA) is 114 Å². The van der Waals surface area contributed by atoms with Crippen molar-refractivity contribution >= 4 is 23.9 Å². The first-order valence-corrected chi connectivity index (χ1v) is 7.87. The van der Waals surface area contributed by atoms with Crippen LogP contribution in [0.5, 0.6) is 0 Å². The second-order valence-electron chi connectivity index (χ2n) is 6.04. The fourth-order valence-corrected chi connectivity index (χ4v) is 3.38. The van der Waals surface area contributed by atoms with E-state index in [1.807, 2.05) is 6.07 Å². The van der Waals surface area contributed by atoms with Gasteiger partial charge in [0.25, 0.3) is 5.69 Å². The minimum atomic E-state index is -0.806. The number of aromatic nitrogens is 3. The minimum absolute atomic E-state index is 0.00314. The van der Waals surface area contributed by atoms with E-state index < -0.39 is 10.9 Å². The summed E-state index contributed by atoms with van der Waals surface area (Å²) in [5, 5.41) is 27.2. The van der Waals surface area contributed by atoms with Gasteiger partial charge in [-0.2, -0.15) is 5.10 Å². The molecule has 1 atom stereocenters. The number of nitro benzene ring substituents is 1. The van der Waals surface area contributed by atoms with Crippen LogP contribution in [0.3, 0.4) is 0 Å². The summed E-state index contributed by atoms with van der Waals surface area (Å²) in [6.45, 7) is 0. The fourth-order valence-electron chi connectivity index (χ4n) is 3.24. The molecule has 2 N–H and O–H groups in total. The summed E-state index contributed by atoms with van der Waals surface area (Å²) in [7, 11) is 1.78. The van der Waals surface area contributed by atoms with Crippen LogP contribution in [-0.4, -0.2) is 30.8 Å². The first-order chi connectivity index (χ1) is 11.4. The Morgan fingerprint density at radius 1 is 1.54 bits per heavy atom. The first kappa shape index (κ1) is 16.3. The molecule has 24 heavy (non-hydrogen) atoms. The molecule has 1 aromatic carbocycles. The van der Waals surface area contributed by atoms with Gasteiger partial charge in [-0.3, -0.25) is 20.0 Å². The van der Waals surface area contributed by atoms with Gasteiger partial charge in [-0.25, -0.2) is 0 Å². The number of rotatable bonds is 5. The zero-order chi connectivity index (χ0) is 17.4. The second kappa shape index (κ2) is 6.16. The van der Waals surface area contributed by atoms with Crippen LogP contribution in [0.25, 0.3) is 0 Å². The summed E-state index contributed by atoms with van der Waals surface area (Å²) in [5.74, 6) is -0.701. The summed E-state index contributed by atoms with van der Waals surface area (Å²) in [6.07, 6.45) is 1.03. The Morgan fingerprint density at radius 2 is 2.25 bits per heavy atom. The molecule has 126 valence electrons. The van der Waals surface area contributed by atoms with Crippen molar-refractivity contribution in [3.8, 4) is 0 Å². The van der Waals surface area contributed by atoms with E-state index in [9.17, 15) is 14.9 Å². The van der Waals surface area contributed by atoms with E-state index in [-0.39, 0.29) is 23.4 Å². The van der Waals surface area contributed by atoms with Gasteiger partial charge < -0.3 is 9.67 Å². The van der Waals surface area contributed by atoms with Crippen LogP contribution in [0.15, 0.2) is 24.3 Å². The summed E-state index contributed by atoms with van der Waals surface area (Å²) in [4.78, 5) is 21.7. The maximum absolute atomic E-state index is 11.1. The number of nitro groups is 1. The maximum atomic E-state index is 11.1. The smallest absolute Gasteiger partial charge is 0.306 e. The number of carbonyl (C=O) groups is 1. The fraction of sp³-hybridized carbons (Fsp3) is 0.400. The zero-order valence-electron chi connectivity index (χ0n) is 12.9. The van der Waals surface area contributed by atoms with Crippen LogP contribution >= 0.6 is 12.2 Å². The molecule has 8 nitrogen and oxygen atoms in total. The van der Waals surface area contributed by atoms with Gasteiger partial charge in [-0.1, -0.05) is 12.1 Å². The van der Waals surface area contributed by atoms with Crippen molar-refractivity contribution in [1.29, 1.82) is 0 Å². The average molecular weight is 348 g/mol. The third kappa shape index (κ3) is 2.82. The van der Waals surface area contributed by atoms with E-state index in [1.165, 1.54) is 12.1 Å². The quantitative estimate of drug-likeness (QED) is 0.488. The number of carboxylic acids is 1. The Balaban J connectivity index is 2.01.